The van der Waals surface area contributed by atoms with E-state index in [1.807, 2.05) is 24.3 Å². The molecule has 4 nitrogen and oxygen atoms in total. The third-order valence-corrected chi connectivity index (χ3v) is 5.52. The standard InChI is InChI=1S/C12H20N.C8H6F12O3S/c1-5-9-13(10-6-2,11-7-3)12-8-4;9-3(1-2-4(10,11)12)5(13,14)6(15,16)7(17,18)8(19,20)24(21,22)23/h5-8H,1-4,9-12H2;3H,1-2H2,(H,21,22,23)/q+1;/p-1. The van der Waals surface area contributed by atoms with Crippen LogP contribution < -0.4 is 0 Å². The van der Waals surface area contributed by atoms with Crippen LogP contribution in [-0.4, -0.2) is 79.0 Å². The summed E-state index contributed by atoms with van der Waals surface area (Å²) in [5, 5.41) is -7.29. The SMILES string of the molecule is C=CC[N+](CC=C)(CC=C)CC=C.O=S(=O)([O-])C(F)(F)C(F)(F)C(F)(F)C(F)(F)C(F)CCC(F)(F)F. The lowest BCUT2D eigenvalue weighted by atomic mass is 9.97. The molecule has 0 saturated heterocycles. The maximum atomic E-state index is 13.0. The molecule has 218 valence electrons. The summed E-state index contributed by atoms with van der Waals surface area (Å²) in [6.45, 7) is 18.8. The molecule has 0 spiro atoms. The van der Waals surface area contributed by atoms with E-state index in [0.29, 0.717) is 0 Å². The van der Waals surface area contributed by atoms with E-state index in [0.717, 1.165) is 30.7 Å². The van der Waals surface area contributed by atoms with Gasteiger partial charge in [-0.1, -0.05) is 26.3 Å². The van der Waals surface area contributed by atoms with Crippen molar-refractivity contribution >= 4 is 10.1 Å². The van der Waals surface area contributed by atoms with Crippen LogP contribution in [0.5, 0.6) is 0 Å². The number of hydrogen-bond acceptors (Lipinski definition) is 3. The van der Waals surface area contributed by atoms with Crippen LogP contribution in [-0.2, 0) is 10.1 Å². The van der Waals surface area contributed by atoms with Crippen LogP contribution in [0.1, 0.15) is 12.8 Å². The van der Waals surface area contributed by atoms with Gasteiger partial charge < -0.3 is 9.04 Å². The molecule has 0 heterocycles. The molecule has 17 heteroatoms. The maximum absolute atomic E-state index is 13.0. The molecule has 0 aliphatic rings. The lowest BCUT2D eigenvalue weighted by Crippen LogP contribution is -2.66. The van der Waals surface area contributed by atoms with E-state index in [4.69, 9.17) is 0 Å². The molecule has 0 aromatic carbocycles. The Hall–Kier alpha value is -2.01. The quantitative estimate of drug-likeness (QED) is 0.0985. The second-order valence-corrected chi connectivity index (χ2v) is 9.01. The first kappa shape index (κ1) is 37.1. The number of rotatable bonds is 15. The second kappa shape index (κ2) is 13.2. The Labute approximate surface area is 206 Å². The molecule has 37 heavy (non-hydrogen) atoms. The van der Waals surface area contributed by atoms with Gasteiger partial charge in [0.1, 0.15) is 0 Å². The number of halogens is 12. The smallest absolute Gasteiger partial charge is 0.402 e. The first-order valence-electron chi connectivity index (χ1n) is 9.83. The molecule has 0 amide bonds. The van der Waals surface area contributed by atoms with Crippen molar-refractivity contribution in [3.8, 4) is 0 Å². The van der Waals surface area contributed by atoms with Gasteiger partial charge >= 0.3 is 29.2 Å². The van der Waals surface area contributed by atoms with E-state index in [9.17, 15) is 65.7 Å². The highest BCUT2D eigenvalue weighted by molar-refractivity contribution is 7.86. The van der Waals surface area contributed by atoms with E-state index >= 15 is 0 Å². The topological polar surface area (TPSA) is 57.2 Å². The first-order chi connectivity index (χ1) is 16.4. The summed E-state index contributed by atoms with van der Waals surface area (Å²) in [7, 11) is -7.61. The molecule has 0 N–H and O–H groups in total. The first-order valence-corrected chi connectivity index (χ1v) is 11.2. The van der Waals surface area contributed by atoms with E-state index in [2.05, 4.69) is 26.3 Å². The largest absolute Gasteiger partial charge is 0.743 e. The molecule has 0 aliphatic heterocycles. The minimum Gasteiger partial charge on any atom is -0.743 e. The minimum atomic E-state index is -7.62. The van der Waals surface area contributed by atoms with Gasteiger partial charge in [0, 0.05) is 6.42 Å². The average molecular weight is 587 g/mol. The Morgan fingerprint density at radius 2 is 1.03 bits per heavy atom. The fourth-order valence-electron chi connectivity index (χ4n) is 2.76. The molecule has 1 atom stereocenters. The number of alkyl halides is 12. The van der Waals surface area contributed by atoms with Gasteiger partial charge in [0.2, 0.25) is 0 Å². The highest BCUT2D eigenvalue weighted by Crippen LogP contribution is 2.55. The van der Waals surface area contributed by atoms with E-state index in [1.165, 1.54) is 0 Å². The van der Waals surface area contributed by atoms with Crippen molar-refractivity contribution in [1.82, 2.24) is 0 Å². The molecule has 0 aromatic heterocycles. The van der Waals surface area contributed by atoms with Gasteiger partial charge in [0.15, 0.2) is 16.3 Å². The second-order valence-electron chi connectivity index (χ2n) is 7.59. The van der Waals surface area contributed by atoms with Gasteiger partial charge in [-0.3, -0.25) is 0 Å². The van der Waals surface area contributed by atoms with E-state index < -0.39 is 58.3 Å². The van der Waals surface area contributed by atoms with Crippen molar-refractivity contribution in [3.63, 3.8) is 0 Å². The Morgan fingerprint density at radius 1 is 0.703 bits per heavy atom. The molecule has 0 saturated carbocycles. The summed E-state index contributed by atoms with van der Waals surface area (Å²) in [6.07, 6.45) is -7.33. The Bertz CT molecular complexity index is 840. The van der Waals surface area contributed by atoms with Gasteiger partial charge in [-0.25, -0.2) is 12.8 Å². The van der Waals surface area contributed by atoms with Crippen molar-refractivity contribution in [2.75, 3.05) is 26.2 Å². The molecule has 0 fully saturated rings. The van der Waals surface area contributed by atoms with Crippen LogP contribution in [0.25, 0.3) is 0 Å². The van der Waals surface area contributed by atoms with E-state index in [1.54, 1.807) is 0 Å². The third kappa shape index (κ3) is 9.05. The van der Waals surface area contributed by atoms with Gasteiger partial charge in [-0.2, -0.15) is 48.3 Å². The van der Waals surface area contributed by atoms with Crippen molar-refractivity contribution in [2.45, 2.75) is 48.2 Å². The van der Waals surface area contributed by atoms with Crippen molar-refractivity contribution in [2.24, 2.45) is 0 Å². The normalized spacial score (nSPS) is 14.7. The molecule has 0 rings (SSSR count). The summed E-state index contributed by atoms with van der Waals surface area (Å²) >= 11 is 0. The highest BCUT2D eigenvalue weighted by atomic mass is 32.2. The molecular weight excluding hydrogens is 562 g/mol. The number of quaternary nitrogens is 1. The zero-order valence-corrected chi connectivity index (χ0v) is 19.9. The minimum absolute atomic E-state index is 0.903. The molecule has 0 radical (unpaired) electrons. The Balaban J connectivity index is 0. The summed E-state index contributed by atoms with van der Waals surface area (Å²) in [5.41, 5.74) is 0. The summed E-state index contributed by atoms with van der Waals surface area (Å²) in [6, 6.07) is 0. The highest BCUT2D eigenvalue weighted by Gasteiger charge is 2.84. The zero-order chi connectivity index (χ0) is 30.1. The van der Waals surface area contributed by atoms with Crippen molar-refractivity contribution < 1.29 is 70.1 Å². The van der Waals surface area contributed by atoms with Crippen LogP contribution in [0.3, 0.4) is 0 Å². The molecule has 0 aliphatic carbocycles. The van der Waals surface area contributed by atoms with Crippen LogP contribution in [0.15, 0.2) is 50.6 Å². The Kier molecular flexibility index (Phi) is 13.2. The molecule has 0 bridgehead atoms. The average Bonchev–Trinajstić information content (AvgIpc) is 2.71. The van der Waals surface area contributed by atoms with Crippen LogP contribution >= 0.6 is 0 Å². The Morgan fingerprint density at radius 3 is 1.27 bits per heavy atom. The van der Waals surface area contributed by atoms with Gasteiger partial charge in [0.25, 0.3) is 0 Å². The van der Waals surface area contributed by atoms with Crippen molar-refractivity contribution in [3.05, 3.63) is 50.6 Å². The zero-order valence-electron chi connectivity index (χ0n) is 19.1. The van der Waals surface area contributed by atoms with Gasteiger partial charge in [0.05, 0.1) is 26.2 Å². The lowest BCUT2D eigenvalue weighted by Gasteiger charge is -2.38. The fourth-order valence-corrected chi connectivity index (χ4v) is 3.20. The van der Waals surface area contributed by atoms with Gasteiger partial charge in [-0.15, -0.1) is 0 Å². The van der Waals surface area contributed by atoms with Crippen LogP contribution in [0, 0.1) is 0 Å². The predicted molar refractivity (Wildman–Crippen MR) is 110 cm³/mol. The fraction of sp³-hybridized carbons (Fsp3) is 0.600. The molecule has 1 unspecified atom stereocenters. The molecule has 0 aromatic rings. The molecular formula is C20H25F12NO3S. The van der Waals surface area contributed by atoms with Crippen LogP contribution in [0.2, 0.25) is 0 Å². The monoisotopic (exact) mass is 587 g/mol. The van der Waals surface area contributed by atoms with Crippen LogP contribution in [0.4, 0.5) is 52.7 Å². The summed E-state index contributed by atoms with van der Waals surface area (Å²) in [5.74, 6) is -22.0. The lowest BCUT2D eigenvalue weighted by molar-refractivity contribution is -0.906. The number of hydrogen-bond donors (Lipinski definition) is 0. The van der Waals surface area contributed by atoms with E-state index in [-0.39, 0.29) is 0 Å². The van der Waals surface area contributed by atoms with Gasteiger partial charge in [-0.05, 0) is 30.7 Å². The third-order valence-electron chi connectivity index (χ3n) is 4.63. The summed E-state index contributed by atoms with van der Waals surface area (Å²) < 4.78 is 181. The number of nitrogens with zero attached hydrogens (tertiary/aromatic N) is 1. The van der Waals surface area contributed by atoms with Crippen molar-refractivity contribution in [1.29, 1.82) is 0 Å². The summed E-state index contributed by atoms with van der Waals surface area (Å²) in [4.78, 5) is 0. The predicted octanol–water partition coefficient (Wildman–Crippen LogP) is 6.26. The maximum Gasteiger partial charge on any atom is 0.402 e.